The molecule has 0 rings (SSSR count). The summed E-state index contributed by atoms with van der Waals surface area (Å²) in [5.41, 5.74) is 5.35. The Kier molecular flexibility index (Phi) is 6.74. The van der Waals surface area contributed by atoms with E-state index in [2.05, 4.69) is 31.9 Å². The van der Waals surface area contributed by atoms with Crippen LogP contribution in [0, 0.1) is 0 Å². The predicted octanol–water partition coefficient (Wildman–Crippen LogP) is 1.88. The Balaban J connectivity index is 2.86. The maximum absolute atomic E-state index is 5.35. The van der Waals surface area contributed by atoms with Crippen molar-refractivity contribution in [1.82, 2.24) is 0 Å². The largest absolute Gasteiger partial charge is 0.329 e. The minimum Gasteiger partial charge on any atom is -0.329 e. The molecule has 0 aliphatic rings. The molecule has 0 saturated carbocycles. The topological polar surface area (TPSA) is 26.0 Å². The molecule has 0 aromatic heterocycles. The Bertz CT molecular complexity index is 49.7. The van der Waals surface area contributed by atoms with Gasteiger partial charge in [0.2, 0.25) is 0 Å². The van der Waals surface area contributed by atoms with Crippen LogP contribution < -0.4 is 5.73 Å². The molecule has 0 radical (unpaired) electrons. The van der Waals surface area contributed by atoms with E-state index >= 15 is 0 Å². The minimum atomic E-state index is 0.514. The fraction of sp³-hybridized carbons (Fsp3) is 1.00. The molecule has 0 amide bonds. The van der Waals surface area contributed by atoms with Gasteiger partial charge in [-0.15, -0.1) is 0 Å². The monoisotopic (exact) mass is 243 g/mol. The fourth-order valence-electron chi connectivity index (χ4n) is 0.416. The van der Waals surface area contributed by atoms with E-state index in [9.17, 15) is 0 Å². The first-order valence-electron chi connectivity index (χ1n) is 2.71. The molecule has 50 valence electrons. The Morgan fingerprint density at radius 2 is 2.12 bits per heavy atom. The van der Waals surface area contributed by atoms with Gasteiger partial charge in [-0.3, -0.25) is 0 Å². The second kappa shape index (κ2) is 6.05. The van der Waals surface area contributed by atoms with Gasteiger partial charge in [0, 0.05) is 16.7 Å². The van der Waals surface area contributed by atoms with Crippen LogP contribution in [0.4, 0.5) is 0 Å². The number of halogens is 2. The average Bonchev–Trinajstić information content (AvgIpc) is 1.83. The fourth-order valence-corrected chi connectivity index (χ4v) is 1.06. The van der Waals surface area contributed by atoms with Gasteiger partial charge in [0.1, 0.15) is 0 Å². The maximum Gasteiger partial charge on any atom is 0.0268 e. The molecule has 0 aromatic rings. The highest BCUT2D eigenvalue weighted by molar-refractivity contribution is 9.09. The molecule has 3 heteroatoms. The Morgan fingerprint density at radius 1 is 1.50 bits per heavy atom. The second-order valence-electron chi connectivity index (χ2n) is 1.66. The smallest absolute Gasteiger partial charge is 0.0268 e. The molecule has 0 aromatic carbocycles. The van der Waals surface area contributed by atoms with Crippen molar-refractivity contribution >= 4 is 31.9 Å². The van der Waals surface area contributed by atoms with E-state index in [0.717, 1.165) is 11.9 Å². The van der Waals surface area contributed by atoms with Crippen molar-refractivity contribution in [3.05, 3.63) is 0 Å². The van der Waals surface area contributed by atoms with Gasteiger partial charge < -0.3 is 5.73 Å². The molecule has 0 saturated heterocycles. The van der Waals surface area contributed by atoms with Gasteiger partial charge in [-0.2, -0.15) is 0 Å². The van der Waals surface area contributed by atoms with Crippen LogP contribution in [-0.2, 0) is 0 Å². The zero-order valence-electron chi connectivity index (χ0n) is 4.74. The molecular weight excluding hydrogens is 234 g/mol. The lowest BCUT2D eigenvalue weighted by Crippen LogP contribution is -2.12. The molecule has 0 spiro atoms. The summed E-state index contributed by atoms with van der Waals surface area (Å²) in [4.78, 5) is 0.514. The van der Waals surface area contributed by atoms with Crippen LogP contribution in [0.1, 0.15) is 12.8 Å². The molecule has 0 bridgehead atoms. The van der Waals surface area contributed by atoms with E-state index in [-0.39, 0.29) is 0 Å². The summed E-state index contributed by atoms with van der Waals surface area (Å²) in [5.74, 6) is 0. The highest BCUT2D eigenvalue weighted by Crippen LogP contribution is 2.06. The zero-order chi connectivity index (χ0) is 6.41. The lowest BCUT2D eigenvalue weighted by molar-refractivity contribution is 0.762. The Hall–Kier alpha value is 0.920. The van der Waals surface area contributed by atoms with Crippen molar-refractivity contribution in [2.45, 2.75) is 17.7 Å². The van der Waals surface area contributed by atoms with Crippen LogP contribution >= 0.6 is 31.9 Å². The van der Waals surface area contributed by atoms with Gasteiger partial charge >= 0.3 is 0 Å². The average molecular weight is 245 g/mol. The SMILES string of the molecule is NC[C@@H](Br)CCCBr. The highest BCUT2D eigenvalue weighted by atomic mass is 79.9. The Labute approximate surface area is 67.3 Å². The minimum absolute atomic E-state index is 0.514. The third kappa shape index (κ3) is 5.06. The molecule has 8 heavy (non-hydrogen) atoms. The standard InChI is InChI=1S/C5H11Br2N/c6-3-1-2-5(7)4-8/h5H,1-4,8H2/t5-/m0/s1. The number of hydrogen-bond acceptors (Lipinski definition) is 1. The van der Waals surface area contributed by atoms with Crippen LogP contribution in [0.25, 0.3) is 0 Å². The molecule has 1 atom stereocenters. The first kappa shape index (κ1) is 8.92. The first-order chi connectivity index (χ1) is 3.81. The number of nitrogens with two attached hydrogens (primary N) is 1. The number of hydrogen-bond donors (Lipinski definition) is 1. The van der Waals surface area contributed by atoms with Gasteiger partial charge in [0.25, 0.3) is 0 Å². The van der Waals surface area contributed by atoms with E-state index in [0.29, 0.717) is 4.83 Å². The summed E-state index contributed by atoms with van der Waals surface area (Å²) in [6.45, 7) is 0.743. The van der Waals surface area contributed by atoms with Crippen LogP contribution in [0.2, 0.25) is 0 Å². The number of alkyl halides is 2. The molecule has 1 nitrogen and oxygen atoms in total. The summed E-state index contributed by atoms with van der Waals surface area (Å²) in [5, 5.41) is 1.08. The summed E-state index contributed by atoms with van der Waals surface area (Å²) in [6.07, 6.45) is 2.37. The predicted molar refractivity (Wildman–Crippen MR) is 44.8 cm³/mol. The first-order valence-corrected chi connectivity index (χ1v) is 4.75. The van der Waals surface area contributed by atoms with Crippen molar-refractivity contribution < 1.29 is 0 Å². The van der Waals surface area contributed by atoms with Gasteiger partial charge in [-0.1, -0.05) is 31.9 Å². The molecule has 0 unspecified atom stereocenters. The van der Waals surface area contributed by atoms with Crippen LogP contribution in [0.15, 0.2) is 0 Å². The van der Waals surface area contributed by atoms with Crippen molar-refractivity contribution in [3.63, 3.8) is 0 Å². The normalized spacial score (nSPS) is 13.9. The van der Waals surface area contributed by atoms with E-state index in [4.69, 9.17) is 5.73 Å². The van der Waals surface area contributed by atoms with Gasteiger partial charge in [-0.05, 0) is 12.8 Å². The molecule has 2 N–H and O–H groups in total. The highest BCUT2D eigenvalue weighted by Gasteiger charge is 1.97. The third-order valence-electron chi connectivity index (χ3n) is 0.907. The summed E-state index contributed by atoms with van der Waals surface area (Å²) < 4.78 is 0. The van der Waals surface area contributed by atoms with E-state index in [1.54, 1.807) is 0 Å². The molecular formula is C5H11Br2N. The van der Waals surface area contributed by atoms with Crippen LogP contribution in [-0.4, -0.2) is 16.7 Å². The van der Waals surface area contributed by atoms with Crippen LogP contribution in [0.3, 0.4) is 0 Å². The summed E-state index contributed by atoms with van der Waals surface area (Å²) in [6, 6.07) is 0. The van der Waals surface area contributed by atoms with Crippen molar-refractivity contribution in [2.75, 3.05) is 11.9 Å². The van der Waals surface area contributed by atoms with E-state index in [1.807, 2.05) is 0 Å². The van der Waals surface area contributed by atoms with Crippen LogP contribution in [0.5, 0.6) is 0 Å². The molecule has 0 aliphatic heterocycles. The lowest BCUT2D eigenvalue weighted by Gasteiger charge is -2.02. The number of rotatable bonds is 4. The second-order valence-corrected chi connectivity index (χ2v) is 3.75. The van der Waals surface area contributed by atoms with Gasteiger partial charge in [0.15, 0.2) is 0 Å². The van der Waals surface area contributed by atoms with Crippen molar-refractivity contribution in [3.8, 4) is 0 Å². The van der Waals surface area contributed by atoms with E-state index < -0.39 is 0 Å². The molecule has 0 fully saturated rings. The quantitative estimate of drug-likeness (QED) is 0.752. The lowest BCUT2D eigenvalue weighted by atomic mass is 10.2. The summed E-state index contributed by atoms with van der Waals surface area (Å²) >= 11 is 6.78. The Morgan fingerprint density at radius 3 is 2.50 bits per heavy atom. The van der Waals surface area contributed by atoms with Gasteiger partial charge in [-0.25, -0.2) is 0 Å². The third-order valence-corrected chi connectivity index (χ3v) is 2.30. The molecule has 0 heterocycles. The van der Waals surface area contributed by atoms with Gasteiger partial charge in [0.05, 0.1) is 0 Å². The van der Waals surface area contributed by atoms with Crippen molar-refractivity contribution in [2.24, 2.45) is 5.73 Å². The van der Waals surface area contributed by atoms with Crippen molar-refractivity contribution in [1.29, 1.82) is 0 Å². The molecule has 0 aliphatic carbocycles. The maximum atomic E-state index is 5.35. The summed E-state index contributed by atoms with van der Waals surface area (Å²) in [7, 11) is 0. The zero-order valence-corrected chi connectivity index (χ0v) is 7.91. The van der Waals surface area contributed by atoms with E-state index in [1.165, 1.54) is 12.8 Å².